The van der Waals surface area contributed by atoms with Gasteiger partial charge in [0, 0.05) is 6.61 Å². The smallest absolute Gasteiger partial charge is 0.0741 e. The molecule has 1 aliphatic heterocycles. The molecule has 0 bridgehead atoms. The lowest BCUT2D eigenvalue weighted by molar-refractivity contribution is 0.110. The number of hydrogen-bond donors (Lipinski definition) is 0. The number of benzene rings is 1. The van der Waals surface area contributed by atoms with Gasteiger partial charge in [0.05, 0.1) is 10.9 Å². The van der Waals surface area contributed by atoms with E-state index in [0.717, 1.165) is 13.0 Å². The highest BCUT2D eigenvalue weighted by Gasteiger charge is 2.25. The van der Waals surface area contributed by atoms with E-state index in [1.54, 1.807) is 0 Å². The second-order valence-corrected chi connectivity index (χ2v) is 6.81. The van der Waals surface area contributed by atoms with E-state index in [-0.39, 0.29) is 5.41 Å². The lowest BCUT2D eigenvalue weighted by Crippen LogP contribution is -2.14. The third-order valence-electron chi connectivity index (χ3n) is 3.39. The summed E-state index contributed by atoms with van der Waals surface area (Å²) in [5.41, 5.74) is 2.93. The Morgan fingerprint density at radius 1 is 1.24 bits per heavy atom. The maximum Gasteiger partial charge on any atom is 0.0741 e. The van der Waals surface area contributed by atoms with Gasteiger partial charge in [-0.25, -0.2) is 0 Å². The summed E-state index contributed by atoms with van der Waals surface area (Å²) in [6.45, 7) is 7.64. The first kappa shape index (κ1) is 13.1. The van der Waals surface area contributed by atoms with Gasteiger partial charge in [0.15, 0.2) is 0 Å². The van der Waals surface area contributed by atoms with Crippen molar-refractivity contribution in [1.29, 1.82) is 0 Å². The highest BCUT2D eigenvalue weighted by Crippen LogP contribution is 2.34. The van der Waals surface area contributed by atoms with Crippen LogP contribution >= 0.6 is 15.9 Å². The van der Waals surface area contributed by atoms with Crippen LogP contribution in [0.15, 0.2) is 24.3 Å². The molecule has 94 valence electrons. The monoisotopic (exact) mass is 296 g/mol. The summed E-state index contributed by atoms with van der Waals surface area (Å²) in [5.74, 6) is 0. The number of ether oxygens (including phenoxy) is 1. The first-order valence-electron chi connectivity index (χ1n) is 6.34. The van der Waals surface area contributed by atoms with Crippen molar-refractivity contribution in [2.75, 3.05) is 6.61 Å². The second-order valence-electron chi connectivity index (χ2n) is 5.83. The molecule has 1 aromatic rings. The summed E-state index contributed by atoms with van der Waals surface area (Å²) in [4.78, 5) is 0.332. The Kier molecular flexibility index (Phi) is 3.94. The molecule has 1 nitrogen and oxygen atoms in total. The van der Waals surface area contributed by atoms with Gasteiger partial charge < -0.3 is 4.74 Å². The molecule has 1 aromatic carbocycles. The standard InChI is InChI=1S/C15H21BrO/c1-15(2,3)12-8-6-11(7-9-12)14(16)13-5-4-10-17-13/h6-9,13-14H,4-5,10H2,1-3H3. The third kappa shape index (κ3) is 3.11. The van der Waals surface area contributed by atoms with Gasteiger partial charge in [-0.15, -0.1) is 0 Å². The predicted molar refractivity (Wildman–Crippen MR) is 75.8 cm³/mol. The summed E-state index contributed by atoms with van der Waals surface area (Å²) in [6.07, 6.45) is 2.69. The lowest BCUT2D eigenvalue weighted by Gasteiger charge is -2.21. The van der Waals surface area contributed by atoms with Gasteiger partial charge in [-0.3, -0.25) is 0 Å². The van der Waals surface area contributed by atoms with E-state index >= 15 is 0 Å². The molecular formula is C15H21BrO. The molecule has 0 saturated carbocycles. The SMILES string of the molecule is CC(C)(C)c1ccc(C(Br)C2CCCO2)cc1. The van der Waals surface area contributed by atoms with Crippen molar-refractivity contribution in [3.63, 3.8) is 0 Å². The zero-order valence-corrected chi connectivity index (χ0v) is 12.5. The molecule has 2 rings (SSSR count). The van der Waals surface area contributed by atoms with Gasteiger partial charge in [0.2, 0.25) is 0 Å². The Hall–Kier alpha value is -0.340. The normalized spacial score (nSPS) is 22.7. The first-order chi connectivity index (χ1) is 7.98. The molecule has 1 saturated heterocycles. The molecule has 0 aromatic heterocycles. The van der Waals surface area contributed by atoms with Gasteiger partial charge in [-0.05, 0) is 29.4 Å². The average Bonchev–Trinajstić information content (AvgIpc) is 2.80. The van der Waals surface area contributed by atoms with Crippen LogP contribution in [-0.2, 0) is 10.2 Å². The van der Waals surface area contributed by atoms with Gasteiger partial charge in [0.25, 0.3) is 0 Å². The highest BCUT2D eigenvalue weighted by molar-refractivity contribution is 9.09. The molecule has 0 N–H and O–H groups in total. The second kappa shape index (κ2) is 5.11. The Morgan fingerprint density at radius 2 is 1.88 bits per heavy atom. The molecule has 1 heterocycles. The summed E-state index contributed by atoms with van der Waals surface area (Å²) >= 11 is 3.76. The van der Waals surface area contributed by atoms with Crippen LogP contribution in [0.5, 0.6) is 0 Å². The Balaban J connectivity index is 2.12. The summed E-state index contributed by atoms with van der Waals surface area (Å²) < 4.78 is 5.72. The topological polar surface area (TPSA) is 9.23 Å². The largest absolute Gasteiger partial charge is 0.377 e. The maximum atomic E-state index is 5.72. The van der Waals surface area contributed by atoms with E-state index in [0.29, 0.717) is 10.9 Å². The molecule has 0 aliphatic carbocycles. The van der Waals surface area contributed by atoms with Crippen molar-refractivity contribution in [3.05, 3.63) is 35.4 Å². The molecular weight excluding hydrogens is 276 g/mol. The van der Waals surface area contributed by atoms with E-state index in [1.807, 2.05) is 0 Å². The molecule has 1 aliphatic rings. The fourth-order valence-electron chi connectivity index (χ4n) is 2.21. The van der Waals surface area contributed by atoms with Gasteiger partial charge in [-0.2, -0.15) is 0 Å². The van der Waals surface area contributed by atoms with Crippen LogP contribution < -0.4 is 0 Å². The van der Waals surface area contributed by atoms with E-state index in [4.69, 9.17) is 4.74 Å². The minimum Gasteiger partial charge on any atom is -0.377 e. The summed E-state index contributed by atoms with van der Waals surface area (Å²) in [7, 11) is 0. The van der Waals surface area contributed by atoms with E-state index in [2.05, 4.69) is 61.0 Å². The third-order valence-corrected chi connectivity index (χ3v) is 4.50. The minimum atomic E-state index is 0.226. The van der Waals surface area contributed by atoms with Crippen LogP contribution in [0, 0.1) is 0 Å². The van der Waals surface area contributed by atoms with E-state index in [1.165, 1.54) is 17.5 Å². The van der Waals surface area contributed by atoms with Crippen molar-refractivity contribution < 1.29 is 4.74 Å². The van der Waals surface area contributed by atoms with Crippen LogP contribution in [0.3, 0.4) is 0 Å². The molecule has 0 spiro atoms. The minimum absolute atomic E-state index is 0.226. The Morgan fingerprint density at radius 3 is 2.35 bits per heavy atom. The first-order valence-corrected chi connectivity index (χ1v) is 7.26. The molecule has 2 heteroatoms. The fraction of sp³-hybridized carbons (Fsp3) is 0.600. The van der Waals surface area contributed by atoms with Crippen LogP contribution in [0.1, 0.15) is 49.6 Å². The molecule has 0 radical (unpaired) electrons. The predicted octanol–water partition coefficient (Wildman–Crippen LogP) is 4.60. The van der Waals surface area contributed by atoms with E-state index < -0.39 is 0 Å². The Bertz CT molecular complexity index is 358. The van der Waals surface area contributed by atoms with Gasteiger partial charge >= 0.3 is 0 Å². The van der Waals surface area contributed by atoms with E-state index in [9.17, 15) is 0 Å². The molecule has 2 atom stereocenters. The number of halogens is 1. The zero-order valence-electron chi connectivity index (χ0n) is 10.9. The maximum absolute atomic E-state index is 5.72. The van der Waals surface area contributed by atoms with Crippen LogP contribution in [-0.4, -0.2) is 12.7 Å². The van der Waals surface area contributed by atoms with Gasteiger partial charge in [-0.1, -0.05) is 61.0 Å². The van der Waals surface area contributed by atoms with Gasteiger partial charge in [0.1, 0.15) is 0 Å². The van der Waals surface area contributed by atoms with Crippen LogP contribution in [0.25, 0.3) is 0 Å². The fourth-order valence-corrected chi connectivity index (χ4v) is 2.94. The van der Waals surface area contributed by atoms with Crippen LogP contribution in [0.4, 0.5) is 0 Å². The molecule has 0 amide bonds. The number of alkyl halides is 1. The number of rotatable bonds is 2. The zero-order chi connectivity index (χ0) is 12.5. The Labute approximate surface area is 113 Å². The lowest BCUT2D eigenvalue weighted by atomic mass is 9.86. The van der Waals surface area contributed by atoms with Crippen molar-refractivity contribution in [1.82, 2.24) is 0 Å². The number of hydrogen-bond acceptors (Lipinski definition) is 1. The summed E-state index contributed by atoms with van der Waals surface area (Å²) in [5, 5.41) is 0. The summed E-state index contributed by atoms with van der Waals surface area (Å²) in [6, 6.07) is 8.92. The molecule has 1 fully saturated rings. The van der Waals surface area contributed by atoms with Crippen molar-refractivity contribution in [2.24, 2.45) is 0 Å². The average molecular weight is 297 g/mol. The van der Waals surface area contributed by atoms with Crippen molar-refractivity contribution in [2.45, 2.75) is 50.0 Å². The van der Waals surface area contributed by atoms with Crippen LogP contribution in [0.2, 0.25) is 0 Å². The van der Waals surface area contributed by atoms with Crippen molar-refractivity contribution >= 4 is 15.9 Å². The highest BCUT2D eigenvalue weighted by atomic mass is 79.9. The molecule has 2 unspecified atom stereocenters. The quantitative estimate of drug-likeness (QED) is 0.725. The molecule has 17 heavy (non-hydrogen) atoms. The van der Waals surface area contributed by atoms with Crippen molar-refractivity contribution in [3.8, 4) is 0 Å².